The molecule has 1 fully saturated rings. The van der Waals surface area contributed by atoms with Crippen LogP contribution in [0.1, 0.15) is 6.42 Å². The van der Waals surface area contributed by atoms with Gasteiger partial charge in [0.1, 0.15) is 0 Å². The highest BCUT2D eigenvalue weighted by Gasteiger charge is 2.25. The maximum absolute atomic E-state index is 9.82. The van der Waals surface area contributed by atoms with Crippen molar-refractivity contribution in [1.29, 1.82) is 0 Å². The number of nitro groups is 1. The van der Waals surface area contributed by atoms with Crippen LogP contribution in [0.5, 0.6) is 0 Å². The molecule has 1 aliphatic heterocycles. The van der Waals surface area contributed by atoms with Gasteiger partial charge in [-0.1, -0.05) is 0 Å². The molecular formula is C3H5N2O3. The van der Waals surface area contributed by atoms with Gasteiger partial charge in [0.15, 0.2) is 0 Å². The molecule has 0 aromatic carbocycles. The van der Waals surface area contributed by atoms with Crippen LogP contribution in [0, 0.1) is 16.7 Å². The Morgan fingerprint density at radius 3 is 3.00 bits per heavy atom. The van der Waals surface area contributed by atoms with Gasteiger partial charge in [-0.2, -0.15) is 5.48 Å². The van der Waals surface area contributed by atoms with Crippen LogP contribution in [-0.2, 0) is 4.84 Å². The van der Waals surface area contributed by atoms with Crippen LogP contribution < -0.4 is 5.48 Å². The number of hydroxylamine groups is 1. The van der Waals surface area contributed by atoms with Gasteiger partial charge in [-0.15, -0.1) is 0 Å². The van der Waals surface area contributed by atoms with E-state index in [0.29, 0.717) is 6.42 Å². The van der Waals surface area contributed by atoms with Gasteiger partial charge in [0.2, 0.25) is 0 Å². The van der Waals surface area contributed by atoms with Crippen LogP contribution >= 0.6 is 0 Å². The van der Waals surface area contributed by atoms with Gasteiger partial charge in [0.05, 0.1) is 17.9 Å². The minimum absolute atomic E-state index is 0.340. The highest BCUT2D eigenvalue weighted by atomic mass is 16.7. The van der Waals surface area contributed by atoms with E-state index in [-0.39, 0.29) is 0 Å². The van der Waals surface area contributed by atoms with E-state index in [1.54, 1.807) is 0 Å². The lowest BCUT2D eigenvalue weighted by atomic mass is 10.4. The van der Waals surface area contributed by atoms with Crippen LogP contribution in [0.3, 0.4) is 0 Å². The highest BCUT2D eigenvalue weighted by molar-refractivity contribution is 4.63. The Kier molecular flexibility index (Phi) is 1.40. The molecule has 0 aromatic heterocycles. The van der Waals surface area contributed by atoms with E-state index in [4.69, 9.17) is 0 Å². The predicted molar refractivity (Wildman–Crippen MR) is 23.9 cm³/mol. The van der Waals surface area contributed by atoms with E-state index in [1.165, 1.54) is 6.54 Å². The Morgan fingerprint density at radius 2 is 2.75 bits per heavy atom. The Bertz CT molecular complexity index is 98.7. The van der Waals surface area contributed by atoms with Crippen molar-refractivity contribution in [3.63, 3.8) is 0 Å². The first-order chi connectivity index (χ1) is 3.80. The van der Waals surface area contributed by atoms with E-state index in [1.807, 2.05) is 0 Å². The van der Waals surface area contributed by atoms with Crippen LogP contribution in [0.4, 0.5) is 0 Å². The van der Waals surface area contributed by atoms with Gasteiger partial charge < -0.3 is 0 Å². The standard InChI is InChI=1S/C3H5N2O3/c6-5(7)3-1-2-4-8-3/h2-4H,1H2. The molecule has 45 valence electrons. The van der Waals surface area contributed by atoms with E-state index < -0.39 is 11.2 Å². The molecule has 1 radical (unpaired) electrons. The third-order valence-corrected chi connectivity index (χ3v) is 0.842. The Hall–Kier alpha value is -0.680. The SMILES string of the molecule is O=[N+]([O-])C1C[CH]NO1. The molecule has 1 atom stereocenters. The summed E-state index contributed by atoms with van der Waals surface area (Å²) < 4.78 is 0. The maximum atomic E-state index is 9.82. The summed E-state index contributed by atoms with van der Waals surface area (Å²) in [5.74, 6) is 0. The normalized spacial score (nSPS) is 28.2. The molecule has 5 heteroatoms. The van der Waals surface area contributed by atoms with Gasteiger partial charge in [-0.25, -0.2) is 4.84 Å². The van der Waals surface area contributed by atoms with Crippen molar-refractivity contribution in [2.24, 2.45) is 0 Å². The lowest BCUT2D eigenvalue weighted by Gasteiger charge is -1.94. The maximum Gasteiger partial charge on any atom is 0.332 e. The predicted octanol–water partition coefficient (Wildman–Crippen LogP) is -0.324. The minimum atomic E-state index is -0.880. The van der Waals surface area contributed by atoms with Gasteiger partial charge in [-0.05, 0) is 0 Å². The molecule has 1 aliphatic rings. The summed E-state index contributed by atoms with van der Waals surface area (Å²) in [5, 5.41) is 9.82. The fourth-order valence-electron chi connectivity index (χ4n) is 0.453. The van der Waals surface area contributed by atoms with Crippen LogP contribution in [-0.4, -0.2) is 11.2 Å². The van der Waals surface area contributed by atoms with Crippen LogP contribution in [0.15, 0.2) is 0 Å². The third-order valence-electron chi connectivity index (χ3n) is 0.842. The van der Waals surface area contributed by atoms with Gasteiger partial charge >= 0.3 is 6.23 Å². The molecule has 5 nitrogen and oxygen atoms in total. The molecule has 1 saturated heterocycles. The summed E-state index contributed by atoms with van der Waals surface area (Å²) in [7, 11) is 0. The van der Waals surface area contributed by atoms with Crippen molar-refractivity contribution in [2.45, 2.75) is 12.6 Å². The zero-order valence-electron chi connectivity index (χ0n) is 4.03. The van der Waals surface area contributed by atoms with Gasteiger partial charge in [-0.3, -0.25) is 10.1 Å². The van der Waals surface area contributed by atoms with E-state index in [0.717, 1.165) is 0 Å². The van der Waals surface area contributed by atoms with Crippen molar-refractivity contribution in [1.82, 2.24) is 5.48 Å². The summed E-state index contributed by atoms with van der Waals surface area (Å²) in [6, 6.07) is 0. The summed E-state index contributed by atoms with van der Waals surface area (Å²) in [5.41, 5.74) is 2.29. The third kappa shape index (κ3) is 0.932. The van der Waals surface area contributed by atoms with Crippen molar-refractivity contribution in [2.75, 3.05) is 0 Å². The fourth-order valence-corrected chi connectivity index (χ4v) is 0.453. The smallest absolute Gasteiger partial charge is 0.262 e. The fraction of sp³-hybridized carbons (Fsp3) is 0.667. The molecular weight excluding hydrogens is 112 g/mol. The first-order valence-electron chi connectivity index (χ1n) is 2.17. The summed E-state index contributed by atoms with van der Waals surface area (Å²) in [4.78, 5) is 13.8. The largest absolute Gasteiger partial charge is 0.332 e. The Labute approximate surface area is 45.7 Å². The summed E-state index contributed by atoms with van der Waals surface area (Å²) in [6.07, 6.45) is -0.539. The number of rotatable bonds is 1. The van der Waals surface area contributed by atoms with E-state index >= 15 is 0 Å². The van der Waals surface area contributed by atoms with Gasteiger partial charge in [0, 0.05) is 0 Å². The Morgan fingerprint density at radius 1 is 2.00 bits per heavy atom. The second kappa shape index (κ2) is 2.06. The average molecular weight is 117 g/mol. The molecule has 1 rings (SSSR count). The van der Waals surface area contributed by atoms with Crippen molar-refractivity contribution in [3.8, 4) is 0 Å². The molecule has 0 saturated carbocycles. The van der Waals surface area contributed by atoms with Crippen molar-refractivity contribution < 1.29 is 9.76 Å². The number of hydrogen-bond acceptors (Lipinski definition) is 4. The molecule has 0 aromatic rings. The van der Waals surface area contributed by atoms with E-state index in [2.05, 4.69) is 10.3 Å². The number of hydrogen-bond donors (Lipinski definition) is 1. The lowest BCUT2D eigenvalue weighted by Crippen LogP contribution is -2.18. The quantitative estimate of drug-likeness (QED) is 0.377. The summed E-state index contributed by atoms with van der Waals surface area (Å²) >= 11 is 0. The highest BCUT2D eigenvalue weighted by Crippen LogP contribution is 2.05. The second-order valence-electron chi connectivity index (χ2n) is 1.42. The zero-order valence-corrected chi connectivity index (χ0v) is 4.03. The molecule has 0 bridgehead atoms. The molecule has 0 aliphatic carbocycles. The molecule has 1 heterocycles. The molecule has 8 heavy (non-hydrogen) atoms. The first kappa shape index (κ1) is 5.46. The number of nitrogens with zero attached hydrogens (tertiary/aromatic N) is 1. The van der Waals surface area contributed by atoms with Crippen LogP contribution in [0.2, 0.25) is 0 Å². The molecule has 0 spiro atoms. The Balaban J connectivity index is 2.35. The minimum Gasteiger partial charge on any atom is -0.262 e. The van der Waals surface area contributed by atoms with Gasteiger partial charge in [0.25, 0.3) is 0 Å². The molecule has 1 unspecified atom stereocenters. The summed E-state index contributed by atoms with van der Waals surface area (Å²) in [6.45, 7) is 1.51. The lowest BCUT2D eigenvalue weighted by molar-refractivity contribution is -0.573. The second-order valence-corrected chi connectivity index (χ2v) is 1.42. The number of nitrogens with one attached hydrogen (secondary N) is 1. The zero-order chi connectivity index (χ0) is 5.98. The van der Waals surface area contributed by atoms with Crippen LogP contribution in [0.25, 0.3) is 0 Å². The molecule has 1 N–H and O–H groups in total. The molecule has 0 amide bonds. The van der Waals surface area contributed by atoms with Crippen molar-refractivity contribution >= 4 is 0 Å². The van der Waals surface area contributed by atoms with Crippen molar-refractivity contribution in [3.05, 3.63) is 16.7 Å². The average Bonchev–Trinajstić information content (AvgIpc) is 2.12. The topological polar surface area (TPSA) is 64.4 Å². The first-order valence-corrected chi connectivity index (χ1v) is 2.17. The monoisotopic (exact) mass is 117 g/mol. The van der Waals surface area contributed by atoms with E-state index in [9.17, 15) is 10.1 Å².